The van der Waals surface area contributed by atoms with E-state index in [0.717, 1.165) is 24.4 Å². The van der Waals surface area contributed by atoms with E-state index in [1.165, 1.54) is 32.1 Å². The van der Waals surface area contributed by atoms with E-state index in [2.05, 4.69) is 19.2 Å². The van der Waals surface area contributed by atoms with E-state index in [4.69, 9.17) is 5.73 Å². The van der Waals surface area contributed by atoms with Crippen LogP contribution in [0.15, 0.2) is 0 Å². The summed E-state index contributed by atoms with van der Waals surface area (Å²) < 4.78 is 0. The van der Waals surface area contributed by atoms with E-state index >= 15 is 0 Å². The highest BCUT2D eigenvalue weighted by atomic mass is 15.1. The van der Waals surface area contributed by atoms with Gasteiger partial charge in [-0.1, -0.05) is 13.8 Å². The van der Waals surface area contributed by atoms with Gasteiger partial charge in [0, 0.05) is 18.1 Å². The van der Waals surface area contributed by atoms with Crippen LogP contribution in [0.3, 0.4) is 0 Å². The minimum atomic E-state index is 0.276. The molecule has 0 aromatic carbocycles. The average Bonchev–Trinajstić information content (AvgIpc) is 2.86. The second-order valence-electron chi connectivity index (χ2n) is 5.76. The highest BCUT2D eigenvalue weighted by Gasteiger charge is 2.40. The van der Waals surface area contributed by atoms with Gasteiger partial charge in [0.25, 0.3) is 0 Å². The van der Waals surface area contributed by atoms with Crippen LogP contribution < -0.4 is 11.1 Å². The van der Waals surface area contributed by atoms with Gasteiger partial charge in [-0.25, -0.2) is 0 Å². The maximum absolute atomic E-state index is 5.98. The molecule has 2 saturated carbocycles. The highest BCUT2D eigenvalue weighted by molar-refractivity contribution is 5.00. The highest BCUT2D eigenvalue weighted by Crippen LogP contribution is 2.37. The van der Waals surface area contributed by atoms with Crippen LogP contribution in [-0.4, -0.2) is 18.1 Å². The van der Waals surface area contributed by atoms with Crippen LogP contribution in [0.2, 0.25) is 0 Å². The molecule has 82 valence electrons. The van der Waals surface area contributed by atoms with Gasteiger partial charge in [-0.05, 0) is 43.9 Å². The number of rotatable bonds is 3. The van der Waals surface area contributed by atoms with E-state index < -0.39 is 0 Å². The van der Waals surface area contributed by atoms with Gasteiger partial charge in [-0.2, -0.15) is 0 Å². The Morgan fingerprint density at radius 1 is 1.21 bits per heavy atom. The third-order valence-corrected chi connectivity index (χ3v) is 3.76. The summed E-state index contributed by atoms with van der Waals surface area (Å²) in [6.45, 7) is 5.56. The van der Waals surface area contributed by atoms with Crippen LogP contribution in [0, 0.1) is 11.8 Å². The zero-order valence-electron chi connectivity index (χ0n) is 9.55. The first-order valence-electron chi connectivity index (χ1n) is 6.11. The molecule has 0 saturated heterocycles. The SMILES string of the molecule is CC1CC(C)CC(CN)(NC2CC2)C1. The molecule has 0 heterocycles. The summed E-state index contributed by atoms with van der Waals surface area (Å²) in [6.07, 6.45) is 6.68. The molecule has 2 fully saturated rings. The maximum Gasteiger partial charge on any atom is 0.0311 e. The van der Waals surface area contributed by atoms with Crippen molar-refractivity contribution in [3.63, 3.8) is 0 Å². The van der Waals surface area contributed by atoms with Gasteiger partial charge in [0.2, 0.25) is 0 Å². The van der Waals surface area contributed by atoms with Crippen molar-refractivity contribution in [3.05, 3.63) is 0 Å². The normalized spacial score (nSPS) is 43.9. The van der Waals surface area contributed by atoms with E-state index in [-0.39, 0.29) is 5.54 Å². The lowest BCUT2D eigenvalue weighted by Crippen LogP contribution is -2.56. The molecule has 14 heavy (non-hydrogen) atoms. The number of hydrogen-bond donors (Lipinski definition) is 2. The smallest absolute Gasteiger partial charge is 0.0311 e. The molecular formula is C12H24N2. The van der Waals surface area contributed by atoms with Crippen molar-refractivity contribution < 1.29 is 0 Å². The first-order valence-corrected chi connectivity index (χ1v) is 6.11. The first-order chi connectivity index (χ1) is 6.63. The Labute approximate surface area is 87.6 Å². The maximum atomic E-state index is 5.98. The summed E-state index contributed by atoms with van der Waals surface area (Å²) in [4.78, 5) is 0. The third kappa shape index (κ3) is 2.29. The van der Waals surface area contributed by atoms with Gasteiger partial charge in [0.05, 0.1) is 0 Å². The van der Waals surface area contributed by atoms with Gasteiger partial charge in [0.15, 0.2) is 0 Å². The minimum absolute atomic E-state index is 0.276. The van der Waals surface area contributed by atoms with E-state index in [0.29, 0.717) is 0 Å². The zero-order chi connectivity index (χ0) is 10.2. The van der Waals surface area contributed by atoms with Crippen LogP contribution in [0.1, 0.15) is 46.0 Å². The van der Waals surface area contributed by atoms with Crippen molar-refractivity contribution in [1.82, 2.24) is 5.32 Å². The second kappa shape index (κ2) is 3.82. The fraction of sp³-hybridized carbons (Fsp3) is 1.00. The van der Waals surface area contributed by atoms with E-state index in [1.54, 1.807) is 0 Å². The summed E-state index contributed by atoms with van der Waals surface area (Å²) in [6, 6.07) is 0.788. The number of nitrogens with two attached hydrogens (primary N) is 1. The van der Waals surface area contributed by atoms with Gasteiger partial charge in [0.1, 0.15) is 0 Å². The quantitative estimate of drug-likeness (QED) is 0.723. The molecule has 0 aromatic heterocycles. The molecule has 0 amide bonds. The topological polar surface area (TPSA) is 38.0 Å². The molecule has 2 heteroatoms. The Morgan fingerprint density at radius 3 is 2.21 bits per heavy atom. The second-order valence-corrected chi connectivity index (χ2v) is 5.76. The van der Waals surface area contributed by atoms with Gasteiger partial charge in [-0.3, -0.25) is 0 Å². The molecular weight excluding hydrogens is 172 g/mol. The number of hydrogen-bond acceptors (Lipinski definition) is 2. The predicted octanol–water partition coefficient (Wildman–Crippen LogP) is 1.89. The molecule has 0 spiro atoms. The Balaban J connectivity index is 2.00. The molecule has 2 atom stereocenters. The molecule has 0 aromatic rings. The Hall–Kier alpha value is -0.0800. The van der Waals surface area contributed by atoms with Gasteiger partial charge >= 0.3 is 0 Å². The van der Waals surface area contributed by atoms with Gasteiger partial charge in [-0.15, -0.1) is 0 Å². The standard InChI is InChI=1S/C12H24N2/c1-9-5-10(2)7-12(6-9,8-13)14-11-3-4-11/h9-11,14H,3-8,13H2,1-2H3. The minimum Gasteiger partial charge on any atom is -0.329 e. The van der Waals surface area contributed by atoms with Crippen molar-refractivity contribution in [2.45, 2.75) is 57.5 Å². The lowest BCUT2D eigenvalue weighted by molar-refractivity contribution is 0.148. The molecule has 3 N–H and O–H groups in total. The lowest BCUT2D eigenvalue weighted by Gasteiger charge is -2.43. The molecule has 0 bridgehead atoms. The van der Waals surface area contributed by atoms with Crippen molar-refractivity contribution in [1.29, 1.82) is 0 Å². The largest absolute Gasteiger partial charge is 0.329 e. The summed E-state index contributed by atoms with van der Waals surface area (Å²) in [5.41, 5.74) is 6.25. The summed E-state index contributed by atoms with van der Waals surface area (Å²) in [5, 5.41) is 3.79. The van der Waals surface area contributed by atoms with Crippen LogP contribution in [0.4, 0.5) is 0 Å². The van der Waals surface area contributed by atoms with Gasteiger partial charge < -0.3 is 11.1 Å². The molecule has 0 aliphatic heterocycles. The third-order valence-electron chi connectivity index (χ3n) is 3.76. The zero-order valence-corrected chi connectivity index (χ0v) is 9.55. The first kappa shape index (κ1) is 10.4. The summed E-state index contributed by atoms with van der Waals surface area (Å²) in [7, 11) is 0. The Kier molecular flexibility index (Phi) is 2.85. The molecule has 2 unspecified atom stereocenters. The summed E-state index contributed by atoms with van der Waals surface area (Å²) >= 11 is 0. The fourth-order valence-electron chi connectivity index (χ4n) is 3.28. The van der Waals surface area contributed by atoms with Crippen LogP contribution in [-0.2, 0) is 0 Å². The van der Waals surface area contributed by atoms with Crippen LogP contribution in [0.5, 0.6) is 0 Å². The Bertz CT molecular complexity index is 183. The van der Waals surface area contributed by atoms with Crippen molar-refractivity contribution in [2.75, 3.05) is 6.54 Å². The molecule has 2 aliphatic rings. The van der Waals surface area contributed by atoms with Crippen LogP contribution in [0.25, 0.3) is 0 Å². The lowest BCUT2D eigenvalue weighted by atomic mass is 9.71. The molecule has 2 rings (SSSR count). The molecule has 0 radical (unpaired) electrons. The van der Waals surface area contributed by atoms with Crippen LogP contribution >= 0.6 is 0 Å². The van der Waals surface area contributed by atoms with E-state index in [9.17, 15) is 0 Å². The predicted molar refractivity (Wildman–Crippen MR) is 60.1 cm³/mol. The number of nitrogens with one attached hydrogen (secondary N) is 1. The fourth-order valence-corrected chi connectivity index (χ4v) is 3.28. The monoisotopic (exact) mass is 196 g/mol. The molecule has 2 nitrogen and oxygen atoms in total. The summed E-state index contributed by atoms with van der Waals surface area (Å²) in [5.74, 6) is 1.68. The van der Waals surface area contributed by atoms with Crippen molar-refractivity contribution >= 4 is 0 Å². The van der Waals surface area contributed by atoms with E-state index in [1.807, 2.05) is 0 Å². The Morgan fingerprint density at radius 2 is 1.79 bits per heavy atom. The van der Waals surface area contributed by atoms with Crippen molar-refractivity contribution in [2.24, 2.45) is 17.6 Å². The average molecular weight is 196 g/mol. The van der Waals surface area contributed by atoms with Crippen molar-refractivity contribution in [3.8, 4) is 0 Å². The molecule has 2 aliphatic carbocycles.